The molecule has 0 bridgehead atoms. The van der Waals surface area contributed by atoms with Gasteiger partial charge in [-0.2, -0.15) is 36.4 Å². The highest BCUT2D eigenvalue weighted by molar-refractivity contribution is 5.81. The monoisotopic (exact) mass is 395 g/mol. The van der Waals surface area contributed by atoms with E-state index < -0.39 is 30.7 Å². The van der Waals surface area contributed by atoms with Gasteiger partial charge in [0, 0.05) is 13.1 Å². The average Bonchev–Trinajstić information content (AvgIpc) is 3.08. The lowest BCUT2D eigenvalue weighted by atomic mass is 10.2. The molecule has 0 saturated heterocycles. The number of hydrogen-bond acceptors (Lipinski definition) is 5. The van der Waals surface area contributed by atoms with E-state index in [2.05, 4.69) is 14.8 Å². The Morgan fingerprint density at radius 1 is 1.11 bits per heavy atom. The molecule has 0 aliphatic heterocycles. The predicted octanol–water partition coefficient (Wildman–Crippen LogP) is 4.62. The van der Waals surface area contributed by atoms with Crippen LogP contribution in [0.4, 0.5) is 26.3 Å². The first-order valence-electron chi connectivity index (χ1n) is 7.32. The number of oxazole rings is 1. The zero-order chi connectivity index (χ0) is 20.0. The van der Waals surface area contributed by atoms with Gasteiger partial charge in [0.25, 0.3) is 0 Å². The highest BCUT2D eigenvalue weighted by Gasteiger charge is 2.35. The van der Waals surface area contributed by atoms with Gasteiger partial charge in [-0.15, -0.1) is 0 Å². The van der Waals surface area contributed by atoms with Gasteiger partial charge in [0.2, 0.25) is 5.88 Å². The van der Waals surface area contributed by atoms with Crippen molar-refractivity contribution in [3.8, 4) is 17.7 Å². The van der Waals surface area contributed by atoms with Crippen molar-refractivity contribution in [3.63, 3.8) is 0 Å². The molecule has 2 aromatic heterocycles. The van der Waals surface area contributed by atoms with Crippen LogP contribution in [0.2, 0.25) is 0 Å². The van der Waals surface area contributed by atoms with Gasteiger partial charge in [0.1, 0.15) is 0 Å². The molecule has 0 unspecified atom stereocenters. The number of halogens is 6. The lowest BCUT2D eigenvalue weighted by molar-refractivity contribution is -0.156. The Morgan fingerprint density at radius 2 is 1.81 bits per heavy atom. The van der Waals surface area contributed by atoms with Gasteiger partial charge < -0.3 is 13.9 Å². The lowest BCUT2D eigenvalue weighted by Gasteiger charge is -2.06. The second-order valence-electron chi connectivity index (χ2n) is 5.58. The van der Waals surface area contributed by atoms with Crippen LogP contribution in [-0.4, -0.2) is 27.5 Å². The minimum atomic E-state index is -4.66. The molecule has 1 aromatic carbocycles. The lowest BCUT2D eigenvalue weighted by Crippen LogP contribution is -2.19. The smallest absolute Gasteiger partial charge is 0.435 e. The fraction of sp³-hybridized carbons (Fsp3) is 0.333. The van der Waals surface area contributed by atoms with Crippen molar-refractivity contribution in [2.24, 2.45) is 7.05 Å². The number of benzene rings is 1. The van der Waals surface area contributed by atoms with Crippen LogP contribution in [0.25, 0.3) is 11.1 Å². The fourth-order valence-corrected chi connectivity index (χ4v) is 2.19. The normalized spacial score (nSPS) is 12.6. The number of alkyl halides is 6. The van der Waals surface area contributed by atoms with E-state index in [0.717, 1.165) is 4.68 Å². The summed E-state index contributed by atoms with van der Waals surface area (Å²) in [6, 6.07) is 3.61. The van der Waals surface area contributed by atoms with E-state index >= 15 is 0 Å². The molecule has 2 heterocycles. The molecular weight excluding hydrogens is 384 g/mol. The highest BCUT2D eigenvalue weighted by atomic mass is 19.4. The van der Waals surface area contributed by atoms with Crippen molar-refractivity contribution in [3.05, 3.63) is 29.5 Å². The van der Waals surface area contributed by atoms with Crippen molar-refractivity contribution in [1.82, 2.24) is 14.8 Å². The average molecular weight is 395 g/mol. The number of hydrogen-bond donors (Lipinski definition) is 0. The molecule has 0 N–H and O–H groups in total. The third-order valence-electron chi connectivity index (χ3n) is 3.29. The summed E-state index contributed by atoms with van der Waals surface area (Å²) in [5.41, 5.74) is -0.527. The summed E-state index contributed by atoms with van der Waals surface area (Å²) in [4.78, 5) is 3.77. The van der Waals surface area contributed by atoms with E-state index in [1.165, 1.54) is 19.2 Å². The maximum absolute atomic E-state index is 12.8. The van der Waals surface area contributed by atoms with E-state index in [0.29, 0.717) is 11.6 Å². The maximum Gasteiger partial charge on any atom is 0.435 e. The fourth-order valence-electron chi connectivity index (χ4n) is 2.19. The molecular formula is C15H11F6N3O3. The number of rotatable bonds is 4. The summed E-state index contributed by atoms with van der Waals surface area (Å²) in [5, 5.41) is 3.32. The summed E-state index contributed by atoms with van der Waals surface area (Å²) in [7, 11) is 1.25. The van der Waals surface area contributed by atoms with Crippen LogP contribution in [0, 0.1) is 6.92 Å². The molecule has 0 fully saturated rings. The molecule has 0 atom stereocenters. The van der Waals surface area contributed by atoms with Gasteiger partial charge in [-0.05, 0) is 24.6 Å². The van der Waals surface area contributed by atoms with Crippen LogP contribution < -0.4 is 9.47 Å². The van der Waals surface area contributed by atoms with Crippen LogP contribution in [0.1, 0.15) is 11.3 Å². The third-order valence-corrected chi connectivity index (χ3v) is 3.29. The quantitative estimate of drug-likeness (QED) is 0.604. The maximum atomic E-state index is 12.8. The molecule has 0 aliphatic carbocycles. The Bertz CT molecular complexity index is 974. The molecule has 3 rings (SSSR count). The first-order valence-corrected chi connectivity index (χ1v) is 7.32. The SMILES string of the molecule is Cc1cc(Oc2cc(C(F)(F)F)nn2C)c2nc(OCC(F)(F)F)oc2c1. The number of aromatic nitrogens is 3. The summed E-state index contributed by atoms with van der Waals surface area (Å²) < 4.78 is 90.9. The molecule has 3 aromatic rings. The Hall–Kier alpha value is -2.92. The number of nitrogens with zero attached hydrogens (tertiary/aromatic N) is 3. The summed E-state index contributed by atoms with van der Waals surface area (Å²) in [6.45, 7) is 0.0289. The topological polar surface area (TPSA) is 62.3 Å². The van der Waals surface area contributed by atoms with Crippen LogP contribution in [0.5, 0.6) is 17.7 Å². The van der Waals surface area contributed by atoms with E-state index in [4.69, 9.17) is 9.15 Å². The largest absolute Gasteiger partial charge is 0.441 e. The number of ether oxygens (including phenoxy) is 2. The van der Waals surface area contributed by atoms with Gasteiger partial charge >= 0.3 is 18.4 Å². The molecule has 6 nitrogen and oxygen atoms in total. The molecule has 0 radical (unpaired) electrons. The molecule has 0 aliphatic rings. The van der Waals surface area contributed by atoms with Crippen LogP contribution in [-0.2, 0) is 13.2 Å². The highest BCUT2D eigenvalue weighted by Crippen LogP contribution is 2.36. The molecule has 146 valence electrons. The van der Waals surface area contributed by atoms with Crippen LogP contribution >= 0.6 is 0 Å². The molecule has 0 spiro atoms. The van der Waals surface area contributed by atoms with Gasteiger partial charge in [-0.25, -0.2) is 4.68 Å². The molecule has 27 heavy (non-hydrogen) atoms. The Kier molecular flexibility index (Phi) is 4.44. The zero-order valence-electron chi connectivity index (χ0n) is 13.8. The number of fused-ring (bicyclic) bond motifs is 1. The van der Waals surface area contributed by atoms with Crippen molar-refractivity contribution in [2.75, 3.05) is 6.61 Å². The molecule has 0 amide bonds. The summed E-state index contributed by atoms with van der Waals surface area (Å²) >= 11 is 0. The minimum absolute atomic E-state index is 0.00691. The van der Waals surface area contributed by atoms with Gasteiger partial charge in [-0.3, -0.25) is 0 Å². The Balaban J connectivity index is 1.94. The van der Waals surface area contributed by atoms with Crippen LogP contribution in [0.3, 0.4) is 0 Å². The van der Waals surface area contributed by atoms with Crippen molar-refractivity contribution in [2.45, 2.75) is 19.3 Å². The first-order chi connectivity index (χ1) is 12.4. The third kappa shape index (κ3) is 4.26. The van der Waals surface area contributed by atoms with E-state index in [1.807, 2.05) is 0 Å². The van der Waals surface area contributed by atoms with Crippen molar-refractivity contribution < 1.29 is 40.2 Å². The van der Waals surface area contributed by atoms with Crippen LogP contribution in [0.15, 0.2) is 22.6 Å². The molecule has 0 saturated carbocycles. The number of aryl methyl sites for hydroxylation is 2. The van der Waals surface area contributed by atoms with E-state index in [-0.39, 0.29) is 22.7 Å². The van der Waals surface area contributed by atoms with Crippen molar-refractivity contribution >= 4 is 11.1 Å². The second-order valence-corrected chi connectivity index (χ2v) is 5.58. The first kappa shape index (κ1) is 18.9. The zero-order valence-corrected chi connectivity index (χ0v) is 13.8. The second kappa shape index (κ2) is 6.35. The van der Waals surface area contributed by atoms with Gasteiger partial charge in [-0.1, -0.05) is 0 Å². The van der Waals surface area contributed by atoms with Gasteiger partial charge in [0.05, 0.1) is 0 Å². The Labute approximate surface area is 147 Å². The standard InChI is InChI=1S/C15H11F6N3O3/c1-7-3-8(26-11-5-10(15(19,20)21)23-24(11)2)12-9(4-7)27-13(22-12)25-6-14(16,17)18/h3-5H,6H2,1-2H3. The summed E-state index contributed by atoms with van der Waals surface area (Å²) in [6.07, 6.45) is -9.88. The Morgan fingerprint density at radius 3 is 2.41 bits per heavy atom. The summed E-state index contributed by atoms with van der Waals surface area (Å²) in [5.74, 6) is -0.262. The van der Waals surface area contributed by atoms with Crippen molar-refractivity contribution in [1.29, 1.82) is 0 Å². The van der Waals surface area contributed by atoms with Gasteiger partial charge in [0.15, 0.2) is 29.2 Å². The predicted molar refractivity (Wildman–Crippen MR) is 78.6 cm³/mol. The molecule has 12 heteroatoms. The van der Waals surface area contributed by atoms with E-state index in [1.54, 1.807) is 6.92 Å². The van der Waals surface area contributed by atoms with E-state index in [9.17, 15) is 26.3 Å². The minimum Gasteiger partial charge on any atom is -0.441 e.